The summed E-state index contributed by atoms with van der Waals surface area (Å²) in [6, 6.07) is -0.195. The Morgan fingerprint density at radius 3 is 3.07 bits per heavy atom. The van der Waals surface area contributed by atoms with Gasteiger partial charge in [0.2, 0.25) is 5.13 Å². The number of methoxy groups -OCH3 is 1. The molecule has 1 heterocycles. The number of anilines is 1. The number of hydrogen-bond acceptors (Lipinski definition) is 5. The van der Waals surface area contributed by atoms with Crippen molar-refractivity contribution in [2.24, 2.45) is 0 Å². The molecule has 0 aliphatic heterocycles. The van der Waals surface area contributed by atoms with Crippen molar-refractivity contribution in [1.82, 2.24) is 15.1 Å². The van der Waals surface area contributed by atoms with Gasteiger partial charge in [0, 0.05) is 14.2 Å². The van der Waals surface area contributed by atoms with Gasteiger partial charge < -0.3 is 9.64 Å². The van der Waals surface area contributed by atoms with E-state index in [4.69, 9.17) is 4.74 Å². The second-order valence-electron chi connectivity index (χ2n) is 3.09. The van der Waals surface area contributed by atoms with Gasteiger partial charge in [0.1, 0.15) is 5.51 Å². The van der Waals surface area contributed by atoms with E-state index in [9.17, 15) is 4.79 Å². The molecule has 0 spiro atoms. The Bertz CT molecular complexity index is 304. The van der Waals surface area contributed by atoms with Crippen LogP contribution in [0, 0.1) is 0 Å². The van der Waals surface area contributed by atoms with E-state index >= 15 is 0 Å². The molecule has 0 radical (unpaired) electrons. The maximum absolute atomic E-state index is 11.6. The van der Waals surface area contributed by atoms with E-state index in [1.54, 1.807) is 24.6 Å². The summed E-state index contributed by atoms with van der Waals surface area (Å²) in [5, 5.41) is 10.5. The minimum atomic E-state index is -0.212. The Balaban J connectivity index is 2.46. The minimum Gasteiger partial charge on any atom is -0.383 e. The maximum atomic E-state index is 11.6. The molecule has 0 aliphatic carbocycles. The maximum Gasteiger partial charge on any atom is 0.323 e. The van der Waals surface area contributed by atoms with E-state index in [-0.39, 0.29) is 12.1 Å². The van der Waals surface area contributed by atoms with Crippen molar-refractivity contribution in [2.75, 3.05) is 26.1 Å². The zero-order valence-electron chi connectivity index (χ0n) is 8.93. The molecule has 1 aromatic heterocycles. The first-order valence-electron chi connectivity index (χ1n) is 4.44. The number of nitrogens with one attached hydrogen (secondary N) is 1. The normalized spacial score (nSPS) is 12.2. The van der Waals surface area contributed by atoms with Crippen molar-refractivity contribution < 1.29 is 9.53 Å². The van der Waals surface area contributed by atoms with Crippen molar-refractivity contribution in [3.05, 3.63) is 5.51 Å². The third-order valence-corrected chi connectivity index (χ3v) is 2.57. The number of nitrogens with zero attached hydrogens (tertiary/aromatic N) is 3. The van der Waals surface area contributed by atoms with Crippen molar-refractivity contribution >= 4 is 22.5 Å². The van der Waals surface area contributed by atoms with E-state index in [1.165, 1.54) is 11.3 Å². The second-order valence-corrected chi connectivity index (χ2v) is 3.92. The SMILES string of the molecule is COC[C@H](C)N(C)C(=O)Nc1nncs1. The van der Waals surface area contributed by atoms with Crippen molar-refractivity contribution in [3.8, 4) is 0 Å². The lowest BCUT2D eigenvalue weighted by Crippen LogP contribution is -2.40. The zero-order chi connectivity index (χ0) is 11.3. The molecule has 1 rings (SSSR count). The lowest BCUT2D eigenvalue weighted by atomic mass is 10.3. The molecule has 1 aromatic rings. The molecule has 6 nitrogen and oxygen atoms in total. The fraction of sp³-hybridized carbons (Fsp3) is 0.625. The van der Waals surface area contributed by atoms with Gasteiger partial charge in [-0.15, -0.1) is 10.2 Å². The number of carbonyl (C=O) groups is 1. The number of amides is 2. The van der Waals surface area contributed by atoms with Gasteiger partial charge >= 0.3 is 6.03 Å². The molecule has 15 heavy (non-hydrogen) atoms. The summed E-state index contributed by atoms with van der Waals surface area (Å²) >= 11 is 1.28. The Morgan fingerprint density at radius 1 is 1.80 bits per heavy atom. The lowest BCUT2D eigenvalue weighted by Gasteiger charge is -2.23. The third kappa shape index (κ3) is 3.45. The number of likely N-dealkylation sites (N-methyl/N-ethyl adjacent to an activating group) is 1. The van der Waals surface area contributed by atoms with Crippen LogP contribution in [0.1, 0.15) is 6.92 Å². The molecule has 0 bridgehead atoms. The Labute approximate surface area is 92.3 Å². The van der Waals surface area contributed by atoms with E-state index in [0.29, 0.717) is 11.7 Å². The third-order valence-electron chi connectivity index (χ3n) is 1.96. The van der Waals surface area contributed by atoms with Crippen LogP contribution >= 0.6 is 11.3 Å². The van der Waals surface area contributed by atoms with Crippen molar-refractivity contribution in [1.29, 1.82) is 0 Å². The molecule has 84 valence electrons. The van der Waals surface area contributed by atoms with Gasteiger partial charge in [0.25, 0.3) is 0 Å². The van der Waals surface area contributed by atoms with Crippen LogP contribution < -0.4 is 5.32 Å². The number of rotatable bonds is 4. The Morgan fingerprint density at radius 2 is 2.53 bits per heavy atom. The van der Waals surface area contributed by atoms with Gasteiger partial charge in [-0.1, -0.05) is 11.3 Å². The van der Waals surface area contributed by atoms with Crippen molar-refractivity contribution in [3.63, 3.8) is 0 Å². The summed E-state index contributed by atoms with van der Waals surface area (Å²) < 4.78 is 4.96. The molecule has 0 saturated carbocycles. The molecule has 0 saturated heterocycles. The summed E-state index contributed by atoms with van der Waals surface area (Å²) in [6.07, 6.45) is 0. The highest BCUT2D eigenvalue weighted by atomic mass is 32.1. The average molecular weight is 230 g/mol. The standard InChI is InChI=1S/C8H14N4O2S/c1-6(4-14-3)12(2)8(13)10-7-11-9-5-15-7/h5-6H,4H2,1-3H3,(H,10,11,13)/t6-/m0/s1. The van der Waals surface area contributed by atoms with E-state index in [2.05, 4.69) is 15.5 Å². The van der Waals surface area contributed by atoms with Crippen LogP contribution in [-0.4, -0.2) is 47.9 Å². The smallest absolute Gasteiger partial charge is 0.323 e. The molecule has 0 unspecified atom stereocenters. The van der Waals surface area contributed by atoms with Crippen LogP contribution in [0.5, 0.6) is 0 Å². The predicted molar refractivity (Wildman–Crippen MR) is 58.0 cm³/mol. The molecule has 1 N–H and O–H groups in total. The van der Waals surface area contributed by atoms with E-state index in [1.807, 2.05) is 6.92 Å². The van der Waals surface area contributed by atoms with Crippen LogP contribution in [0.3, 0.4) is 0 Å². The largest absolute Gasteiger partial charge is 0.383 e. The molecular formula is C8H14N4O2S. The number of urea groups is 1. The van der Waals surface area contributed by atoms with Gasteiger partial charge in [-0.2, -0.15) is 0 Å². The number of ether oxygens (including phenoxy) is 1. The van der Waals surface area contributed by atoms with E-state index < -0.39 is 0 Å². The molecule has 1 atom stereocenters. The Hall–Kier alpha value is -1.21. The minimum absolute atomic E-state index is 0.0166. The van der Waals surface area contributed by atoms with Gasteiger partial charge in [0.15, 0.2) is 0 Å². The molecule has 0 aromatic carbocycles. The van der Waals surface area contributed by atoms with Crippen LogP contribution in [-0.2, 0) is 4.74 Å². The zero-order valence-corrected chi connectivity index (χ0v) is 9.74. The first-order chi connectivity index (χ1) is 7.15. The number of aromatic nitrogens is 2. The molecule has 2 amide bonds. The van der Waals surface area contributed by atoms with Crippen LogP contribution in [0.4, 0.5) is 9.93 Å². The topological polar surface area (TPSA) is 67.3 Å². The second kappa shape index (κ2) is 5.62. The van der Waals surface area contributed by atoms with E-state index in [0.717, 1.165) is 0 Å². The van der Waals surface area contributed by atoms with Gasteiger partial charge in [0.05, 0.1) is 12.6 Å². The van der Waals surface area contributed by atoms with Crippen LogP contribution in [0.15, 0.2) is 5.51 Å². The van der Waals surface area contributed by atoms with Crippen molar-refractivity contribution in [2.45, 2.75) is 13.0 Å². The summed E-state index contributed by atoms with van der Waals surface area (Å²) in [5.74, 6) is 0. The highest BCUT2D eigenvalue weighted by Gasteiger charge is 2.16. The number of carbonyl (C=O) groups excluding carboxylic acids is 1. The first-order valence-corrected chi connectivity index (χ1v) is 5.32. The molecule has 0 fully saturated rings. The first kappa shape index (κ1) is 11.9. The average Bonchev–Trinajstić information content (AvgIpc) is 2.69. The highest BCUT2D eigenvalue weighted by molar-refractivity contribution is 7.13. The molecule has 7 heteroatoms. The van der Waals surface area contributed by atoms with Crippen LogP contribution in [0.25, 0.3) is 0 Å². The number of hydrogen-bond donors (Lipinski definition) is 1. The Kier molecular flexibility index (Phi) is 4.44. The molecular weight excluding hydrogens is 216 g/mol. The summed E-state index contributed by atoms with van der Waals surface area (Å²) in [5.41, 5.74) is 1.56. The lowest BCUT2D eigenvalue weighted by molar-refractivity contribution is 0.128. The fourth-order valence-electron chi connectivity index (χ4n) is 0.960. The summed E-state index contributed by atoms with van der Waals surface area (Å²) in [6.45, 7) is 2.41. The summed E-state index contributed by atoms with van der Waals surface area (Å²) in [7, 11) is 3.31. The van der Waals surface area contributed by atoms with Gasteiger partial charge in [-0.3, -0.25) is 5.32 Å². The predicted octanol–water partition coefficient (Wildman–Crippen LogP) is 1.04. The summed E-state index contributed by atoms with van der Waals surface area (Å²) in [4.78, 5) is 13.2. The van der Waals surface area contributed by atoms with Gasteiger partial charge in [-0.05, 0) is 6.92 Å². The quantitative estimate of drug-likeness (QED) is 0.839. The molecule has 0 aliphatic rings. The highest BCUT2D eigenvalue weighted by Crippen LogP contribution is 2.09. The van der Waals surface area contributed by atoms with Crippen LogP contribution in [0.2, 0.25) is 0 Å². The fourth-order valence-corrected chi connectivity index (χ4v) is 1.40. The monoisotopic (exact) mass is 230 g/mol. The van der Waals surface area contributed by atoms with Gasteiger partial charge in [-0.25, -0.2) is 4.79 Å².